The molecule has 1 aromatic rings. The van der Waals surface area contributed by atoms with E-state index < -0.39 is 6.11 Å². The van der Waals surface area contributed by atoms with E-state index in [1.807, 2.05) is 0 Å². The van der Waals surface area contributed by atoms with Crippen LogP contribution in [0.2, 0.25) is 0 Å². The molecule has 0 radical (unpaired) electrons. The van der Waals surface area contributed by atoms with Gasteiger partial charge >= 0.3 is 6.11 Å². The van der Waals surface area contributed by atoms with Crippen LogP contribution in [0.3, 0.4) is 0 Å². The van der Waals surface area contributed by atoms with Crippen LogP contribution in [0.25, 0.3) is 0 Å². The molecule has 1 heterocycles. The predicted octanol–water partition coefficient (Wildman–Crippen LogP) is 2.19. The van der Waals surface area contributed by atoms with Gasteiger partial charge in [0, 0.05) is 5.69 Å². The first kappa shape index (κ1) is 8.29. The van der Waals surface area contributed by atoms with Crippen molar-refractivity contribution in [2.24, 2.45) is 0 Å². The highest BCUT2D eigenvalue weighted by atomic mass is 19.3. The number of benzene rings is 1. The van der Waals surface area contributed by atoms with Crippen molar-refractivity contribution < 1.29 is 13.5 Å². The van der Waals surface area contributed by atoms with Crippen LogP contribution in [0, 0.1) is 0 Å². The number of fused-ring (bicyclic) bond motifs is 1. The molecule has 0 bridgehead atoms. The van der Waals surface area contributed by atoms with Gasteiger partial charge in [-0.15, -0.1) is 0 Å². The normalized spacial score (nSPS) is 18.9. The lowest BCUT2D eigenvalue weighted by molar-refractivity contribution is -0.187. The molecule has 0 aromatic heterocycles. The SMILES string of the molecule is Nc1ccc2c(c1)CCC(F)(F)O2. The van der Waals surface area contributed by atoms with Gasteiger partial charge in [0.15, 0.2) is 0 Å². The molecule has 0 aliphatic carbocycles. The minimum absolute atomic E-state index is 0.241. The molecule has 70 valence electrons. The first-order valence-electron chi connectivity index (χ1n) is 4.02. The zero-order valence-corrected chi connectivity index (χ0v) is 6.89. The van der Waals surface area contributed by atoms with Crippen molar-refractivity contribution in [3.8, 4) is 5.75 Å². The summed E-state index contributed by atoms with van der Waals surface area (Å²) in [5, 5.41) is 0. The highest BCUT2D eigenvalue weighted by Gasteiger charge is 2.35. The smallest absolute Gasteiger partial charge is 0.398 e. The molecule has 1 aliphatic heterocycles. The lowest BCUT2D eigenvalue weighted by Crippen LogP contribution is -2.29. The lowest BCUT2D eigenvalue weighted by atomic mass is 10.0. The number of hydrogen-bond acceptors (Lipinski definition) is 2. The van der Waals surface area contributed by atoms with Crippen LogP contribution in [0.1, 0.15) is 12.0 Å². The maximum absolute atomic E-state index is 12.7. The second-order valence-electron chi connectivity index (χ2n) is 3.11. The third kappa shape index (κ3) is 1.56. The van der Waals surface area contributed by atoms with Gasteiger partial charge in [0.1, 0.15) is 5.75 Å². The molecule has 2 rings (SSSR count). The number of aryl methyl sites for hydroxylation is 1. The van der Waals surface area contributed by atoms with Crippen molar-refractivity contribution in [1.82, 2.24) is 0 Å². The summed E-state index contributed by atoms with van der Waals surface area (Å²) in [4.78, 5) is 0. The maximum atomic E-state index is 12.7. The Morgan fingerprint density at radius 1 is 1.38 bits per heavy atom. The molecule has 0 saturated carbocycles. The van der Waals surface area contributed by atoms with E-state index in [2.05, 4.69) is 4.74 Å². The highest BCUT2D eigenvalue weighted by Crippen LogP contribution is 2.35. The number of nitrogens with two attached hydrogens (primary N) is 1. The molecule has 0 spiro atoms. The lowest BCUT2D eigenvalue weighted by Gasteiger charge is -2.25. The number of ether oxygens (including phenoxy) is 1. The molecule has 2 N–H and O–H groups in total. The minimum atomic E-state index is -3.02. The zero-order valence-electron chi connectivity index (χ0n) is 6.89. The van der Waals surface area contributed by atoms with Crippen molar-refractivity contribution in [1.29, 1.82) is 0 Å². The number of rotatable bonds is 0. The number of anilines is 1. The van der Waals surface area contributed by atoms with Gasteiger partial charge in [-0.1, -0.05) is 0 Å². The molecular weight excluding hydrogens is 176 g/mol. The monoisotopic (exact) mass is 185 g/mol. The Kier molecular flexibility index (Phi) is 1.65. The first-order chi connectivity index (χ1) is 6.07. The average Bonchev–Trinajstić information content (AvgIpc) is 2.05. The Balaban J connectivity index is 2.37. The standard InChI is InChI=1S/C9H9F2NO/c10-9(11)4-3-6-5-7(12)1-2-8(6)13-9/h1-2,5H,3-4,12H2. The first-order valence-corrected chi connectivity index (χ1v) is 4.02. The van der Waals surface area contributed by atoms with E-state index in [4.69, 9.17) is 5.73 Å². The van der Waals surface area contributed by atoms with Crippen LogP contribution in [0.15, 0.2) is 18.2 Å². The summed E-state index contributed by atoms with van der Waals surface area (Å²) in [6.45, 7) is 0. The van der Waals surface area contributed by atoms with Crippen molar-refractivity contribution in [3.05, 3.63) is 23.8 Å². The quantitative estimate of drug-likeness (QED) is 0.629. The van der Waals surface area contributed by atoms with Gasteiger partial charge in [-0.3, -0.25) is 0 Å². The maximum Gasteiger partial charge on any atom is 0.398 e. The molecule has 1 aliphatic rings. The second-order valence-corrected chi connectivity index (χ2v) is 3.11. The molecular formula is C9H9F2NO. The van der Waals surface area contributed by atoms with Crippen LogP contribution in [0.4, 0.5) is 14.5 Å². The summed E-state index contributed by atoms with van der Waals surface area (Å²) in [5.74, 6) is 0.241. The summed E-state index contributed by atoms with van der Waals surface area (Å²) in [6.07, 6.45) is -2.99. The van der Waals surface area contributed by atoms with E-state index in [-0.39, 0.29) is 12.2 Å². The van der Waals surface area contributed by atoms with Crippen LogP contribution in [0.5, 0.6) is 5.75 Å². The number of hydrogen-bond donors (Lipinski definition) is 1. The minimum Gasteiger partial charge on any atom is -0.432 e. The van der Waals surface area contributed by atoms with Gasteiger partial charge in [-0.25, -0.2) is 0 Å². The summed E-state index contributed by atoms with van der Waals surface area (Å²) >= 11 is 0. The van der Waals surface area contributed by atoms with Gasteiger partial charge < -0.3 is 10.5 Å². The van der Waals surface area contributed by atoms with E-state index in [0.29, 0.717) is 12.1 Å². The van der Waals surface area contributed by atoms with Crippen LogP contribution in [-0.2, 0) is 6.42 Å². The molecule has 1 aromatic carbocycles. The van der Waals surface area contributed by atoms with Gasteiger partial charge in [0.05, 0.1) is 6.42 Å². The van der Waals surface area contributed by atoms with Gasteiger partial charge in [-0.05, 0) is 30.2 Å². The Bertz CT molecular complexity index is 338. The summed E-state index contributed by atoms with van der Waals surface area (Å²) < 4.78 is 29.9. The Morgan fingerprint density at radius 3 is 2.92 bits per heavy atom. The molecule has 2 nitrogen and oxygen atoms in total. The average molecular weight is 185 g/mol. The van der Waals surface area contributed by atoms with E-state index in [1.54, 1.807) is 12.1 Å². The summed E-state index contributed by atoms with van der Waals surface area (Å²) in [5.41, 5.74) is 6.84. The molecule has 13 heavy (non-hydrogen) atoms. The van der Waals surface area contributed by atoms with E-state index in [1.165, 1.54) is 6.07 Å². The topological polar surface area (TPSA) is 35.2 Å². The van der Waals surface area contributed by atoms with Crippen molar-refractivity contribution in [2.75, 3.05) is 5.73 Å². The second kappa shape index (κ2) is 2.58. The Hall–Kier alpha value is -1.32. The molecule has 0 unspecified atom stereocenters. The Morgan fingerprint density at radius 2 is 2.15 bits per heavy atom. The Labute approximate surface area is 74.3 Å². The van der Waals surface area contributed by atoms with Gasteiger partial charge in [0.2, 0.25) is 0 Å². The van der Waals surface area contributed by atoms with E-state index in [0.717, 1.165) is 5.56 Å². The van der Waals surface area contributed by atoms with Gasteiger partial charge in [0.25, 0.3) is 0 Å². The zero-order chi connectivity index (χ0) is 9.47. The summed E-state index contributed by atoms with van der Waals surface area (Å²) in [6, 6.07) is 4.71. The van der Waals surface area contributed by atoms with Crippen molar-refractivity contribution >= 4 is 5.69 Å². The fraction of sp³-hybridized carbons (Fsp3) is 0.333. The van der Waals surface area contributed by atoms with Crippen molar-refractivity contribution in [3.63, 3.8) is 0 Å². The van der Waals surface area contributed by atoms with Gasteiger partial charge in [-0.2, -0.15) is 8.78 Å². The molecule has 0 saturated heterocycles. The number of halogens is 2. The summed E-state index contributed by atoms with van der Waals surface area (Å²) in [7, 11) is 0. The van der Waals surface area contributed by atoms with Crippen LogP contribution < -0.4 is 10.5 Å². The predicted molar refractivity (Wildman–Crippen MR) is 44.8 cm³/mol. The van der Waals surface area contributed by atoms with Crippen molar-refractivity contribution in [2.45, 2.75) is 19.0 Å². The fourth-order valence-electron chi connectivity index (χ4n) is 1.39. The third-order valence-electron chi connectivity index (χ3n) is 2.03. The van der Waals surface area contributed by atoms with E-state index >= 15 is 0 Å². The number of nitrogen functional groups attached to an aromatic ring is 1. The van der Waals surface area contributed by atoms with E-state index in [9.17, 15) is 8.78 Å². The molecule has 0 atom stereocenters. The largest absolute Gasteiger partial charge is 0.432 e. The molecule has 0 amide bonds. The van der Waals surface area contributed by atoms with Crippen LogP contribution >= 0.6 is 0 Å². The fourth-order valence-corrected chi connectivity index (χ4v) is 1.39. The van der Waals surface area contributed by atoms with Crippen LogP contribution in [-0.4, -0.2) is 6.11 Å². The third-order valence-corrected chi connectivity index (χ3v) is 2.03. The molecule has 4 heteroatoms. The molecule has 0 fully saturated rings. The number of alkyl halides is 2. The highest BCUT2D eigenvalue weighted by molar-refractivity contribution is 5.48.